The Balaban J connectivity index is 2.37. The van der Waals surface area contributed by atoms with E-state index >= 15 is 0 Å². The second-order valence-corrected chi connectivity index (χ2v) is 4.28. The Morgan fingerprint density at radius 3 is 2.47 bits per heavy atom. The molecular weight excluding hydrogens is 283 g/mol. The fourth-order valence-corrected chi connectivity index (χ4v) is 2.10. The average molecular weight is 295 g/mol. The minimum atomic E-state index is -0.257. The maximum atomic E-state index is 13.5. The maximum Gasteiger partial charge on any atom is 0.134 e. The Morgan fingerprint density at radius 1 is 1.06 bits per heavy atom. The van der Waals surface area contributed by atoms with Gasteiger partial charge in [0.2, 0.25) is 0 Å². The van der Waals surface area contributed by atoms with Crippen LogP contribution in [0, 0.1) is 12.7 Å². The van der Waals surface area contributed by atoms with Gasteiger partial charge >= 0.3 is 0 Å². The third-order valence-electron chi connectivity index (χ3n) is 2.52. The number of benzene rings is 2. The number of aryl methyl sites for hydroxylation is 1. The zero-order valence-corrected chi connectivity index (χ0v) is 11.0. The van der Waals surface area contributed by atoms with Gasteiger partial charge in [0.15, 0.2) is 0 Å². The van der Waals surface area contributed by atoms with E-state index in [1.54, 1.807) is 12.1 Å². The third kappa shape index (κ3) is 2.67. The highest BCUT2D eigenvalue weighted by atomic mass is 79.9. The molecule has 2 aromatic rings. The van der Waals surface area contributed by atoms with Gasteiger partial charge in [-0.15, -0.1) is 0 Å². The molecule has 0 amide bonds. The predicted octanol–water partition coefficient (Wildman–Crippen LogP) is 4.82. The van der Waals surface area contributed by atoms with E-state index < -0.39 is 0 Å². The van der Waals surface area contributed by atoms with Gasteiger partial charge in [-0.1, -0.05) is 40.2 Å². The van der Waals surface area contributed by atoms with Gasteiger partial charge in [-0.3, -0.25) is 0 Å². The van der Waals surface area contributed by atoms with Crippen molar-refractivity contribution in [3.05, 3.63) is 59.4 Å². The second-order valence-electron chi connectivity index (χ2n) is 3.72. The molecule has 0 N–H and O–H groups in total. The molecular formula is C14H12BrFO. The van der Waals surface area contributed by atoms with Crippen LogP contribution in [-0.4, -0.2) is 0 Å². The number of rotatable bonds is 3. The molecule has 1 nitrogen and oxygen atoms in total. The molecule has 88 valence electrons. The Morgan fingerprint density at radius 2 is 1.76 bits per heavy atom. The second kappa shape index (κ2) is 5.32. The van der Waals surface area contributed by atoms with Gasteiger partial charge in [-0.05, 0) is 30.7 Å². The smallest absolute Gasteiger partial charge is 0.134 e. The fourth-order valence-electron chi connectivity index (χ4n) is 1.55. The molecule has 0 spiro atoms. The largest absolute Gasteiger partial charge is 0.457 e. The van der Waals surface area contributed by atoms with E-state index in [4.69, 9.17) is 4.74 Å². The highest BCUT2D eigenvalue weighted by molar-refractivity contribution is 9.08. The summed E-state index contributed by atoms with van der Waals surface area (Å²) in [5.74, 6) is 1.05. The van der Waals surface area contributed by atoms with Gasteiger partial charge in [-0.2, -0.15) is 0 Å². The number of hydrogen-bond donors (Lipinski definition) is 0. The first-order valence-corrected chi connectivity index (χ1v) is 6.41. The first-order valence-electron chi connectivity index (χ1n) is 5.29. The lowest BCUT2D eigenvalue weighted by molar-refractivity contribution is 0.467. The van der Waals surface area contributed by atoms with Crippen LogP contribution >= 0.6 is 15.9 Å². The molecule has 0 aliphatic rings. The monoisotopic (exact) mass is 294 g/mol. The third-order valence-corrected chi connectivity index (χ3v) is 3.08. The molecule has 2 rings (SSSR count). The topological polar surface area (TPSA) is 9.23 Å². The average Bonchev–Trinajstić information content (AvgIpc) is 2.32. The van der Waals surface area contributed by atoms with Crippen molar-refractivity contribution in [2.75, 3.05) is 0 Å². The van der Waals surface area contributed by atoms with Gasteiger partial charge in [0, 0.05) is 10.9 Å². The van der Waals surface area contributed by atoms with Gasteiger partial charge in [0.05, 0.1) is 0 Å². The van der Waals surface area contributed by atoms with E-state index in [1.807, 2.05) is 31.2 Å². The van der Waals surface area contributed by atoms with Crippen LogP contribution in [0.1, 0.15) is 11.1 Å². The van der Waals surface area contributed by atoms with Crippen LogP contribution in [0.25, 0.3) is 0 Å². The minimum Gasteiger partial charge on any atom is -0.457 e. The normalized spacial score (nSPS) is 10.3. The molecule has 17 heavy (non-hydrogen) atoms. The van der Waals surface area contributed by atoms with E-state index in [0.717, 1.165) is 11.3 Å². The summed E-state index contributed by atoms with van der Waals surface area (Å²) in [4.78, 5) is 0. The predicted molar refractivity (Wildman–Crippen MR) is 70.3 cm³/mol. The minimum absolute atomic E-state index is 0.257. The van der Waals surface area contributed by atoms with Crippen molar-refractivity contribution in [2.24, 2.45) is 0 Å². The summed E-state index contributed by atoms with van der Waals surface area (Å²) in [7, 11) is 0. The summed E-state index contributed by atoms with van der Waals surface area (Å²) >= 11 is 3.27. The lowest BCUT2D eigenvalue weighted by atomic mass is 10.2. The van der Waals surface area contributed by atoms with E-state index in [0.29, 0.717) is 16.6 Å². The Bertz CT molecular complexity index is 525. The first kappa shape index (κ1) is 12.1. The molecule has 0 aliphatic carbocycles. The van der Waals surface area contributed by atoms with E-state index in [-0.39, 0.29) is 5.82 Å². The van der Waals surface area contributed by atoms with Crippen molar-refractivity contribution in [2.45, 2.75) is 12.3 Å². The quantitative estimate of drug-likeness (QED) is 0.737. The Hall–Kier alpha value is -1.35. The van der Waals surface area contributed by atoms with Crippen molar-refractivity contribution in [1.29, 1.82) is 0 Å². The van der Waals surface area contributed by atoms with Crippen molar-refractivity contribution < 1.29 is 9.13 Å². The highest BCUT2D eigenvalue weighted by Crippen LogP contribution is 2.30. The molecule has 0 saturated heterocycles. The fraction of sp³-hybridized carbons (Fsp3) is 0.143. The molecule has 0 bridgehead atoms. The van der Waals surface area contributed by atoms with Crippen LogP contribution in [0.5, 0.6) is 11.5 Å². The Kier molecular flexibility index (Phi) is 3.79. The SMILES string of the molecule is Cc1ccccc1Oc1cccc(F)c1CBr. The van der Waals surface area contributed by atoms with Gasteiger partial charge in [0.25, 0.3) is 0 Å². The van der Waals surface area contributed by atoms with Crippen LogP contribution in [0.3, 0.4) is 0 Å². The summed E-state index contributed by atoms with van der Waals surface area (Å²) < 4.78 is 19.3. The van der Waals surface area contributed by atoms with Gasteiger partial charge < -0.3 is 4.74 Å². The number of para-hydroxylation sites is 1. The summed E-state index contributed by atoms with van der Waals surface area (Å²) in [6, 6.07) is 12.5. The first-order chi connectivity index (χ1) is 8.22. The van der Waals surface area contributed by atoms with Crippen molar-refractivity contribution in [3.8, 4) is 11.5 Å². The number of alkyl halides is 1. The van der Waals surface area contributed by atoms with E-state index in [2.05, 4.69) is 15.9 Å². The molecule has 0 heterocycles. The molecule has 0 aliphatic heterocycles. The number of ether oxygens (including phenoxy) is 1. The summed E-state index contributed by atoms with van der Waals surface area (Å²) in [5, 5.41) is 0.431. The molecule has 0 radical (unpaired) electrons. The van der Waals surface area contributed by atoms with Crippen molar-refractivity contribution in [1.82, 2.24) is 0 Å². The number of halogens is 2. The van der Waals surface area contributed by atoms with E-state index in [1.165, 1.54) is 6.07 Å². The number of hydrogen-bond acceptors (Lipinski definition) is 1. The molecule has 2 aromatic carbocycles. The van der Waals surface area contributed by atoms with Crippen molar-refractivity contribution >= 4 is 15.9 Å². The molecule has 0 unspecified atom stereocenters. The summed E-state index contributed by atoms with van der Waals surface area (Å²) in [6.07, 6.45) is 0. The standard InChI is InChI=1S/C14H12BrFO/c1-10-5-2-3-7-13(10)17-14-8-4-6-12(16)11(14)9-15/h2-8H,9H2,1H3. The van der Waals surface area contributed by atoms with E-state index in [9.17, 15) is 4.39 Å². The van der Waals surface area contributed by atoms with Gasteiger partial charge in [-0.25, -0.2) is 4.39 Å². The van der Waals surface area contributed by atoms with Gasteiger partial charge in [0.1, 0.15) is 17.3 Å². The zero-order valence-electron chi connectivity index (χ0n) is 9.41. The maximum absolute atomic E-state index is 13.5. The van der Waals surface area contributed by atoms with Crippen LogP contribution in [0.2, 0.25) is 0 Å². The zero-order chi connectivity index (χ0) is 12.3. The summed E-state index contributed by atoms with van der Waals surface area (Å²) in [5.41, 5.74) is 1.56. The van der Waals surface area contributed by atoms with Crippen LogP contribution in [-0.2, 0) is 5.33 Å². The van der Waals surface area contributed by atoms with Crippen LogP contribution in [0.4, 0.5) is 4.39 Å². The molecule has 0 aromatic heterocycles. The Labute approximate surface area is 108 Å². The van der Waals surface area contributed by atoms with Crippen LogP contribution in [0.15, 0.2) is 42.5 Å². The lowest BCUT2D eigenvalue weighted by Crippen LogP contribution is -1.94. The molecule has 0 fully saturated rings. The highest BCUT2D eigenvalue weighted by Gasteiger charge is 2.09. The molecule has 0 atom stereocenters. The van der Waals surface area contributed by atoms with Crippen molar-refractivity contribution in [3.63, 3.8) is 0 Å². The molecule has 0 saturated carbocycles. The molecule has 3 heteroatoms. The lowest BCUT2D eigenvalue weighted by Gasteiger charge is -2.11. The van der Waals surface area contributed by atoms with Crippen LogP contribution < -0.4 is 4.74 Å². The summed E-state index contributed by atoms with van der Waals surface area (Å²) in [6.45, 7) is 1.96.